The Labute approximate surface area is 142 Å². The number of hydrogen-bond donors (Lipinski definition) is 0. The number of imidazole rings is 1. The van der Waals surface area contributed by atoms with E-state index in [1.165, 1.54) is 0 Å². The molecule has 0 amide bonds. The molecule has 1 aliphatic carbocycles. The summed E-state index contributed by atoms with van der Waals surface area (Å²) in [4.78, 5) is 4.63. The maximum absolute atomic E-state index is 14.0. The number of alkyl halides is 1. The van der Waals surface area contributed by atoms with E-state index in [1.54, 1.807) is 19.2 Å². The lowest BCUT2D eigenvalue weighted by molar-refractivity contribution is 0.106. The lowest BCUT2D eigenvalue weighted by Gasteiger charge is -2.18. The maximum atomic E-state index is 14.0. The molecule has 0 N–H and O–H groups in total. The van der Waals surface area contributed by atoms with E-state index in [-0.39, 0.29) is 23.3 Å². The highest BCUT2D eigenvalue weighted by Gasteiger charge is 2.30. The van der Waals surface area contributed by atoms with Crippen molar-refractivity contribution in [3.63, 3.8) is 0 Å². The average Bonchev–Trinajstić information content (AvgIpc) is 3.03. The zero-order chi connectivity index (χ0) is 15.1. The lowest BCUT2D eigenvalue weighted by atomic mass is 10.2. The Bertz CT molecular complexity index is 673. The number of methoxy groups -OCH3 is 1. The molecule has 0 bridgehead atoms. The van der Waals surface area contributed by atoms with Gasteiger partial charge in [-0.2, -0.15) is 0 Å². The molecule has 3 rings (SSSR count). The smallest absolute Gasteiger partial charge is 0.138 e. The molecule has 0 aliphatic heterocycles. The summed E-state index contributed by atoms with van der Waals surface area (Å²) < 4.78 is 22.1. The zero-order valence-corrected chi connectivity index (χ0v) is 14.9. The predicted molar refractivity (Wildman–Crippen MR) is 90.4 cm³/mol. The summed E-state index contributed by atoms with van der Waals surface area (Å²) in [7, 11) is 1.74. The third kappa shape index (κ3) is 2.80. The number of ether oxygens (including phenoxy) is 1. The van der Waals surface area contributed by atoms with Crippen LogP contribution in [0.4, 0.5) is 4.39 Å². The highest BCUT2D eigenvalue weighted by molar-refractivity contribution is 14.1. The van der Waals surface area contributed by atoms with Crippen LogP contribution in [0, 0.1) is 9.39 Å². The summed E-state index contributed by atoms with van der Waals surface area (Å²) in [5.41, 5.74) is 1.64. The van der Waals surface area contributed by atoms with E-state index in [0.29, 0.717) is 3.57 Å². The fourth-order valence-electron chi connectivity index (χ4n) is 3.14. The van der Waals surface area contributed by atoms with Crippen LogP contribution in [0.2, 0.25) is 0 Å². The van der Waals surface area contributed by atoms with Crippen molar-refractivity contribution in [1.82, 2.24) is 9.55 Å². The molecule has 3 unspecified atom stereocenters. The quantitative estimate of drug-likeness (QED) is 0.524. The van der Waals surface area contributed by atoms with Crippen molar-refractivity contribution < 1.29 is 9.13 Å². The van der Waals surface area contributed by atoms with Gasteiger partial charge in [-0.05, 0) is 54.8 Å². The Morgan fingerprint density at radius 2 is 2.24 bits per heavy atom. The van der Waals surface area contributed by atoms with E-state index in [1.807, 2.05) is 29.5 Å². The summed E-state index contributed by atoms with van der Waals surface area (Å²) in [5.74, 6) is 0.606. The second-order valence-corrected chi connectivity index (χ2v) is 7.35. The van der Waals surface area contributed by atoms with Crippen molar-refractivity contribution in [3.05, 3.63) is 27.3 Å². The van der Waals surface area contributed by atoms with Crippen molar-refractivity contribution in [1.29, 1.82) is 0 Å². The van der Waals surface area contributed by atoms with Crippen molar-refractivity contribution in [3.8, 4) is 0 Å². The van der Waals surface area contributed by atoms with Gasteiger partial charge in [0.1, 0.15) is 11.6 Å². The summed E-state index contributed by atoms with van der Waals surface area (Å²) in [6, 6.07) is 3.64. The first kappa shape index (κ1) is 15.5. The SMILES string of the molecule is COC1CCC(n2c(C(C)Cl)nc3cc(I)c(F)cc32)C1. The Hall–Kier alpha value is -0.400. The summed E-state index contributed by atoms with van der Waals surface area (Å²) in [5, 5.41) is -0.209. The molecular formula is C15H17ClFIN2O. The number of nitrogens with zero attached hydrogens (tertiary/aromatic N) is 2. The van der Waals surface area contributed by atoms with Gasteiger partial charge in [-0.3, -0.25) is 0 Å². The van der Waals surface area contributed by atoms with E-state index >= 15 is 0 Å². The number of aromatic nitrogens is 2. The number of benzene rings is 1. The first-order valence-corrected chi connectivity index (χ1v) is 8.56. The van der Waals surface area contributed by atoms with E-state index in [9.17, 15) is 4.39 Å². The molecule has 3 nitrogen and oxygen atoms in total. The predicted octanol–water partition coefficient (Wildman–Crippen LogP) is 4.82. The summed E-state index contributed by atoms with van der Waals surface area (Å²) in [6.45, 7) is 1.91. The number of halogens is 3. The topological polar surface area (TPSA) is 27.1 Å². The Morgan fingerprint density at radius 1 is 1.48 bits per heavy atom. The molecule has 1 fully saturated rings. The minimum absolute atomic E-state index is 0.209. The lowest BCUT2D eigenvalue weighted by Crippen LogP contribution is -2.12. The zero-order valence-electron chi connectivity index (χ0n) is 11.9. The first-order valence-electron chi connectivity index (χ1n) is 7.05. The van der Waals surface area contributed by atoms with Crippen LogP contribution < -0.4 is 0 Å². The monoisotopic (exact) mass is 422 g/mol. The number of fused-ring (bicyclic) bond motifs is 1. The van der Waals surface area contributed by atoms with Gasteiger partial charge in [-0.15, -0.1) is 11.6 Å². The second kappa shape index (κ2) is 6.01. The van der Waals surface area contributed by atoms with Crippen molar-refractivity contribution in [2.24, 2.45) is 0 Å². The average molecular weight is 423 g/mol. The Balaban J connectivity index is 2.14. The molecule has 0 saturated heterocycles. The highest BCUT2D eigenvalue weighted by atomic mass is 127. The van der Waals surface area contributed by atoms with Gasteiger partial charge in [0, 0.05) is 19.2 Å². The minimum Gasteiger partial charge on any atom is -0.381 e. The molecule has 21 heavy (non-hydrogen) atoms. The molecule has 0 radical (unpaired) electrons. The van der Waals surface area contributed by atoms with Gasteiger partial charge in [-0.25, -0.2) is 9.37 Å². The fraction of sp³-hybridized carbons (Fsp3) is 0.533. The standard InChI is InChI=1S/C15H17ClFIN2O/c1-8(16)15-19-13-7-12(18)11(17)6-14(13)20(15)9-3-4-10(5-9)21-2/h6-10H,3-5H2,1-2H3. The first-order chi connectivity index (χ1) is 10.0. The maximum Gasteiger partial charge on any atom is 0.138 e. The molecule has 1 saturated carbocycles. The van der Waals surface area contributed by atoms with Crippen LogP contribution in [-0.4, -0.2) is 22.8 Å². The van der Waals surface area contributed by atoms with Gasteiger partial charge >= 0.3 is 0 Å². The van der Waals surface area contributed by atoms with Crippen LogP contribution >= 0.6 is 34.2 Å². The van der Waals surface area contributed by atoms with Crippen LogP contribution in [0.3, 0.4) is 0 Å². The molecule has 1 heterocycles. The Morgan fingerprint density at radius 3 is 2.86 bits per heavy atom. The van der Waals surface area contributed by atoms with E-state index < -0.39 is 0 Å². The molecule has 3 atom stereocenters. The van der Waals surface area contributed by atoms with Gasteiger partial charge in [0.2, 0.25) is 0 Å². The van der Waals surface area contributed by atoms with Crippen LogP contribution in [0.1, 0.15) is 43.4 Å². The van der Waals surface area contributed by atoms with Crippen LogP contribution in [0.5, 0.6) is 0 Å². The van der Waals surface area contributed by atoms with E-state index in [4.69, 9.17) is 16.3 Å². The van der Waals surface area contributed by atoms with Crippen molar-refractivity contribution in [2.45, 2.75) is 43.7 Å². The van der Waals surface area contributed by atoms with Crippen LogP contribution in [-0.2, 0) is 4.74 Å². The third-order valence-electron chi connectivity index (χ3n) is 4.17. The molecule has 2 aromatic rings. The van der Waals surface area contributed by atoms with Crippen LogP contribution in [0.25, 0.3) is 11.0 Å². The minimum atomic E-state index is -0.209. The summed E-state index contributed by atoms with van der Waals surface area (Å²) >= 11 is 8.29. The largest absolute Gasteiger partial charge is 0.381 e. The van der Waals surface area contributed by atoms with Crippen molar-refractivity contribution >= 4 is 45.2 Å². The summed E-state index contributed by atoms with van der Waals surface area (Å²) in [6.07, 6.45) is 3.21. The van der Waals surface area contributed by atoms with Gasteiger partial charge < -0.3 is 9.30 Å². The molecule has 1 aromatic heterocycles. The molecule has 1 aliphatic rings. The van der Waals surface area contributed by atoms with Crippen LogP contribution in [0.15, 0.2) is 12.1 Å². The highest BCUT2D eigenvalue weighted by Crippen LogP contribution is 2.38. The van der Waals surface area contributed by atoms with E-state index in [0.717, 1.165) is 36.1 Å². The molecule has 114 valence electrons. The van der Waals surface area contributed by atoms with Gasteiger partial charge in [-0.1, -0.05) is 0 Å². The third-order valence-corrected chi connectivity index (χ3v) is 5.19. The van der Waals surface area contributed by atoms with Crippen molar-refractivity contribution in [2.75, 3.05) is 7.11 Å². The number of rotatable bonds is 3. The molecule has 0 spiro atoms. The molecular weight excluding hydrogens is 406 g/mol. The van der Waals surface area contributed by atoms with Gasteiger partial charge in [0.25, 0.3) is 0 Å². The normalized spacial score (nSPS) is 23.9. The second-order valence-electron chi connectivity index (χ2n) is 5.54. The molecule has 1 aromatic carbocycles. The number of hydrogen-bond acceptors (Lipinski definition) is 2. The fourth-order valence-corrected chi connectivity index (χ4v) is 3.74. The van der Waals surface area contributed by atoms with E-state index in [2.05, 4.69) is 9.55 Å². The Kier molecular flexibility index (Phi) is 4.43. The van der Waals surface area contributed by atoms with Gasteiger partial charge in [0.15, 0.2) is 0 Å². The molecule has 6 heteroatoms. The van der Waals surface area contributed by atoms with Gasteiger partial charge in [0.05, 0.1) is 26.1 Å².